The lowest BCUT2D eigenvalue weighted by molar-refractivity contribution is -0.143. The van der Waals surface area contributed by atoms with Crippen molar-refractivity contribution in [2.24, 2.45) is 0 Å². The van der Waals surface area contributed by atoms with Crippen LogP contribution in [-0.4, -0.2) is 11.4 Å². The van der Waals surface area contributed by atoms with E-state index in [1.807, 2.05) is 0 Å². The summed E-state index contributed by atoms with van der Waals surface area (Å²) in [5.74, 6) is -2.61. The number of rotatable bonds is 6. The van der Waals surface area contributed by atoms with Crippen LogP contribution in [0.4, 0.5) is 26.3 Å². The monoisotopic (exact) mass is 420 g/mol. The highest BCUT2D eigenvalue weighted by atomic mass is 31.1. The van der Waals surface area contributed by atoms with Gasteiger partial charge in [-0.05, 0) is 24.1 Å². The van der Waals surface area contributed by atoms with Gasteiger partial charge in [0.05, 0.1) is 11.1 Å². The summed E-state index contributed by atoms with van der Waals surface area (Å²) in [4.78, 5) is 13.0. The minimum absolute atomic E-state index is 0.169. The molecule has 2 aromatic rings. The Balaban J connectivity index is 2.71. The summed E-state index contributed by atoms with van der Waals surface area (Å²) in [5.41, 5.74) is -5.07. The molecule has 2 atom stereocenters. The molecular weight excluding hydrogens is 405 g/mol. The second-order valence-corrected chi connectivity index (χ2v) is 7.33. The fourth-order valence-electron chi connectivity index (χ4n) is 2.93. The molecule has 0 aliphatic carbocycles. The number of carbonyl (C=O) groups excluding carboxylic acids is 1. The maximum Gasteiger partial charge on any atom is 0.417 e. The number of carbonyl (C=O) groups is 1. The van der Waals surface area contributed by atoms with E-state index in [1.165, 1.54) is 31.2 Å². The average Bonchev–Trinajstić information content (AvgIpc) is 2.64. The Morgan fingerprint density at radius 2 is 1.39 bits per heavy atom. The van der Waals surface area contributed by atoms with Crippen LogP contribution in [0.5, 0.6) is 0 Å². The van der Waals surface area contributed by atoms with Crippen molar-refractivity contribution < 1.29 is 35.7 Å². The minimum Gasteiger partial charge on any atom is -0.293 e. The third-order valence-corrected chi connectivity index (χ3v) is 4.77. The molecule has 0 aromatic heterocycles. The van der Waals surface area contributed by atoms with Crippen LogP contribution >= 0.6 is 8.46 Å². The first-order chi connectivity index (χ1) is 13.0. The van der Waals surface area contributed by atoms with E-state index in [9.17, 15) is 35.7 Å². The van der Waals surface area contributed by atoms with E-state index in [0.29, 0.717) is 18.2 Å². The summed E-state index contributed by atoms with van der Waals surface area (Å²) in [5, 5.41) is 0. The van der Waals surface area contributed by atoms with Gasteiger partial charge in [-0.15, -0.1) is 0 Å². The fraction of sp³-hybridized carbons (Fsp3) is 0.316. The van der Waals surface area contributed by atoms with Crippen LogP contribution in [0.2, 0.25) is 0 Å². The molecule has 0 fully saturated rings. The molecule has 0 amide bonds. The Hall–Kier alpha value is -2.21. The molecule has 2 rings (SSSR count). The zero-order chi connectivity index (χ0) is 21.1. The quantitative estimate of drug-likeness (QED) is 0.294. The van der Waals surface area contributed by atoms with Gasteiger partial charge in [0.15, 0.2) is 14.2 Å². The molecule has 0 heterocycles. The standard InChI is InChI=1S/C19H15F6O2P/c1-11(28-27)10-13(12-6-3-2-4-7-12)17(26)16-14(18(20,21)22)8-5-9-15(16)19(23,24)25/h2-9,11,13H,10H2,1H3. The summed E-state index contributed by atoms with van der Waals surface area (Å²) in [6.45, 7) is 1.48. The Bertz CT molecular complexity index is 813. The first-order valence-corrected chi connectivity index (χ1v) is 9.04. The van der Waals surface area contributed by atoms with Crippen LogP contribution in [0.3, 0.4) is 0 Å². The van der Waals surface area contributed by atoms with Crippen molar-refractivity contribution in [3.63, 3.8) is 0 Å². The van der Waals surface area contributed by atoms with Gasteiger partial charge in [0, 0.05) is 17.1 Å². The van der Waals surface area contributed by atoms with Crippen LogP contribution in [0.25, 0.3) is 0 Å². The summed E-state index contributed by atoms with van der Waals surface area (Å²) >= 11 is 0. The number of halogens is 6. The fourth-order valence-corrected chi connectivity index (χ4v) is 3.23. The first kappa shape index (κ1) is 22.1. The van der Waals surface area contributed by atoms with Gasteiger partial charge in [-0.3, -0.25) is 9.36 Å². The van der Waals surface area contributed by atoms with Crippen LogP contribution in [0, 0.1) is 0 Å². The van der Waals surface area contributed by atoms with E-state index in [0.717, 1.165) is 0 Å². The summed E-state index contributed by atoms with van der Waals surface area (Å²) in [7, 11) is -0.361. The van der Waals surface area contributed by atoms with Gasteiger partial charge in [-0.2, -0.15) is 26.3 Å². The third-order valence-electron chi connectivity index (χ3n) is 4.20. The molecule has 0 radical (unpaired) electrons. The SMILES string of the molecule is CC(CC(C(=O)c1c(C(F)(F)F)cccc1C(F)(F)F)c1ccccc1)P=O. The second kappa shape index (κ2) is 8.43. The van der Waals surface area contributed by atoms with Crippen molar-refractivity contribution in [1.82, 2.24) is 0 Å². The largest absolute Gasteiger partial charge is 0.417 e. The van der Waals surface area contributed by atoms with Gasteiger partial charge in [0.2, 0.25) is 0 Å². The maximum atomic E-state index is 13.4. The smallest absolute Gasteiger partial charge is 0.293 e. The Labute approximate surface area is 158 Å². The van der Waals surface area contributed by atoms with Crippen molar-refractivity contribution in [3.05, 3.63) is 70.8 Å². The average molecular weight is 420 g/mol. The van der Waals surface area contributed by atoms with Crippen LogP contribution in [-0.2, 0) is 16.9 Å². The van der Waals surface area contributed by atoms with Gasteiger partial charge in [0.25, 0.3) is 0 Å². The van der Waals surface area contributed by atoms with Gasteiger partial charge in [-0.1, -0.05) is 43.3 Å². The molecule has 150 valence electrons. The predicted molar refractivity (Wildman–Crippen MR) is 91.6 cm³/mol. The minimum atomic E-state index is -5.14. The summed E-state index contributed by atoms with van der Waals surface area (Å²) in [6, 6.07) is 9.08. The van der Waals surface area contributed by atoms with Crippen molar-refractivity contribution >= 4 is 14.2 Å². The number of alkyl halides is 6. The first-order valence-electron chi connectivity index (χ1n) is 8.15. The molecule has 0 spiro atoms. The molecule has 0 N–H and O–H groups in total. The zero-order valence-corrected chi connectivity index (χ0v) is 15.4. The Kier molecular flexibility index (Phi) is 6.65. The van der Waals surface area contributed by atoms with E-state index < -0.39 is 46.4 Å². The van der Waals surface area contributed by atoms with Crippen molar-refractivity contribution in [2.45, 2.75) is 37.3 Å². The van der Waals surface area contributed by atoms with Crippen molar-refractivity contribution in [1.29, 1.82) is 0 Å². The molecule has 0 aliphatic rings. The predicted octanol–water partition coefficient (Wildman–Crippen LogP) is 6.76. The lowest BCUT2D eigenvalue weighted by atomic mass is 9.83. The number of hydrogen-bond acceptors (Lipinski definition) is 2. The van der Waals surface area contributed by atoms with Crippen LogP contribution in [0.15, 0.2) is 48.5 Å². The molecule has 2 aromatic carbocycles. The number of hydrogen-bond donors (Lipinski definition) is 0. The zero-order valence-electron chi connectivity index (χ0n) is 14.5. The number of Topliss-reactive ketones (excluding diaryl/α,β-unsaturated/α-hetero) is 1. The van der Waals surface area contributed by atoms with Gasteiger partial charge in [0.1, 0.15) is 0 Å². The van der Waals surface area contributed by atoms with E-state index >= 15 is 0 Å². The molecular formula is C19H15F6O2P. The third kappa shape index (κ3) is 4.98. The van der Waals surface area contributed by atoms with Gasteiger partial charge in [-0.25, -0.2) is 0 Å². The van der Waals surface area contributed by atoms with E-state index in [1.54, 1.807) is 6.07 Å². The highest BCUT2D eigenvalue weighted by Gasteiger charge is 2.44. The normalized spacial score (nSPS) is 14.7. The topological polar surface area (TPSA) is 34.1 Å². The van der Waals surface area contributed by atoms with E-state index in [-0.39, 0.29) is 20.4 Å². The lowest BCUT2D eigenvalue weighted by Crippen LogP contribution is -2.25. The van der Waals surface area contributed by atoms with E-state index in [2.05, 4.69) is 0 Å². The van der Waals surface area contributed by atoms with Gasteiger partial charge < -0.3 is 0 Å². The second-order valence-electron chi connectivity index (χ2n) is 6.24. The van der Waals surface area contributed by atoms with Crippen LogP contribution < -0.4 is 0 Å². The summed E-state index contributed by atoms with van der Waals surface area (Å²) < 4.78 is 91.5. The van der Waals surface area contributed by atoms with Crippen molar-refractivity contribution in [2.75, 3.05) is 0 Å². The molecule has 0 bridgehead atoms. The molecule has 0 aliphatic heterocycles. The molecule has 9 heteroatoms. The summed E-state index contributed by atoms with van der Waals surface area (Å²) in [6.07, 6.45) is -10.5. The van der Waals surface area contributed by atoms with Crippen molar-refractivity contribution in [3.8, 4) is 0 Å². The molecule has 0 saturated carbocycles. The van der Waals surface area contributed by atoms with E-state index in [4.69, 9.17) is 0 Å². The molecule has 0 saturated heterocycles. The Morgan fingerprint density at radius 1 is 0.893 bits per heavy atom. The lowest BCUT2D eigenvalue weighted by Gasteiger charge is -2.23. The highest BCUT2D eigenvalue weighted by Crippen LogP contribution is 2.42. The molecule has 28 heavy (non-hydrogen) atoms. The molecule has 2 unspecified atom stereocenters. The number of ketones is 1. The highest BCUT2D eigenvalue weighted by molar-refractivity contribution is 7.24. The maximum absolute atomic E-state index is 13.4. The molecule has 2 nitrogen and oxygen atoms in total. The van der Waals surface area contributed by atoms with Gasteiger partial charge >= 0.3 is 12.4 Å². The number of benzene rings is 2. The van der Waals surface area contributed by atoms with Crippen LogP contribution in [0.1, 0.15) is 46.3 Å². The Morgan fingerprint density at radius 3 is 1.82 bits per heavy atom.